The molecule has 1 N–H and O–H groups in total. The monoisotopic (exact) mass is 297 g/mol. The molecule has 2 aromatic rings. The summed E-state index contributed by atoms with van der Waals surface area (Å²) in [7, 11) is 2.15. The van der Waals surface area contributed by atoms with Gasteiger partial charge in [-0.1, -0.05) is 12.1 Å². The molecule has 22 heavy (non-hydrogen) atoms. The van der Waals surface area contributed by atoms with Crippen LogP contribution in [0.1, 0.15) is 11.3 Å². The van der Waals surface area contributed by atoms with Crippen LogP contribution in [-0.2, 0) is 0 Å². The van der Waals surface area contributed by atoms with Crippen LogP contribution in [0.15, 0.2) is 30.3 Å². The summed E-state index contributed by atoms with van der Waals surface area (Å²) in [5.74, 6) is 1.68. The Morgan fingerprint density at radius 2 is 1.77 bits per heavy atom. The van der Waals surface area contributed by atoms with E-state index in [-0.39, 0.29) is 0 Å². The van der Waals surface area contributed by atoms with Gasteiger partial charge in [-0.15, -0.1) is 0 Å². The molecule has 1 saturated heterocycles. The Hall–Kier alpha value is -2.14. The molecule has 0 spiro atoms. The van der Waals surface area contributed by atoms with Crippen LogP contribution >= 0.6 is 0 Å². The van der Waals surface area contributed by atoms with Crippen LogP contribution in [0.25, 0.3) is 0 Å². The van der Waals surface area contributed by atoms with Gasteiger partial charge in [0.15, 0.2) is 0 Å². The SMILES string of the molecule is Cc1cccc(Nc2cc(C)nc(N3CCN(C)CC3)n2)c1. The van der Waals surface area contributed by atoms with E-state index in [0.717, 1.165) is 49.3 Å². The number of piperazine rings is 1. The first-order chi connectivity index (χ1) is 10.6. The fraction of sp³-hybridized carbons (Fsp3) is 0.412. The van der Waals surface area contributed by atoms with Gasteiger partial charge in [0.2, 0.25) is 5.95 Å². The molecule has 5 nitrogen and oxygen atoms in total. The number of rotatable bonds is 3. The number of aryl methyl sites for hydroxylation is 2. The molecule has 0 atom stereocenters. The molecule has 1 fully saturated rings. The first-order valence-electron chi connectivity index (χ1n) is 7.73. The number of anilines is 3. The third-order valence-corrected chi connectivity index (χ3v) is 3.92. The highest BCUT2D eigenvalue weighted by molar-refractivity contribution is 5.58. The van der Waals surface area contributed by atoms with Gasteiger partial charge in [-0.25, -0.2) is 4.98 Å². The highest BCUT2D eigenvalue weighted by atomic mass is 15.3. The van der Waals surface area contributed by atoms with E-state index in [1.807, 2.05) is 19.1 Å². The van der Waals surface area contributed by atoms with E-state index in [1.54, 1.807) is 0 Å². The Morgan fingerprint density at radius 1 is 1.00 bits per heavy atom. The third-order valence-electron chi connectivity index (χ3n) is 3.92. The molecule has 0 unspecified atom stereocenters. The number of likely N-dealkylation sites (N-methyl/N-ethyl adjacent to an activating group) is 1. The molecule has 0 amide bonds. The second-order valence-corrected chi connectivity index (χ2v) is 5.98. The van der Waals surface area contributed by atoms with E-state index in [0.29, 0.717) is 0 Å². The van der Waals surface area contributed by atoms with Gasteiger partial charge in [0, 0.05) is 43.6 Å². The molecule has 1 aliphatic heterocycles. The summed E-state index contributed by atoms with van der Waals surface area (Å²) in [5.41, 5.74) is 3.27. The van der Waals surface area contributed by atoms with Crippen LogP contribution in [0.2, 0.25) is 0 Å². The fourth-order valence-electron chi connectivity index (χ4n) is 2.64. The number of hydrogen-bond acceptors (Lipinski definition) is 5. The molecular weight excluding hydrogens is 274 g/mol. The van der Waals surface area contributed by atoms with Crippen molar-refractivity contribution in [2.75, 3.05) is 43.4 Å². The van der Waals surface area contributed by atoms with Crippen LogP contribution < -0.4 is 10.2 Å². The zero-order valence-corrected chi connectivity index (χ0v) is 13.5. The van der Waals surface area contributed by atoms with Crippen molar-refractivity contribution in [3.63, 3.8) is 0 Å². The van der Waals surface area contributed by atoms with Crippen molar-refractivity contribution in [3.8, 4) is 0 Å². The number of benzene rings is 1. The Labute approximate surface area is 132 Å². The standard InChI is InChI=1S/C17H23N5/c1-13-5-4-6-15(11-13)19-16-12-14(2)18-17(20-16)22-9-7-21(3)8-10-22/h4-6,11-12H,7-10H2,1-3H3,(H,18,19,20). The highest BCUT2D eigenvalue weighted by Crippen LogP contribution is 2.20. The number of nitrogens with zero attached hydrogens (tertiary/aromatic N) is 4. The number of nitrogens with one attached hydrogen (secondary N) is 1. The van der Waals surface area contributed by atoms with Gasteiger partial charge < -0.3 is 15.1 Å². The quantitative estimate of drug-likeness (QED) is 0.943. The summed E-state index contributed by atoms with van der Waals surface area (Å²) in [6.07, 6.45) is 0. The molecule has 0 bridgehead atoms. The van der Waals surface area contributed by atoms with Crippen LogP contribution in [0.3, 0.4) is 0 Å². The van der Waals surface area contributed by atoms with Crippen LogP contribution in [0.4, 0.5) is 17.5 Å². The van der Waals surface area contributed by atoms with Gasteiger partial charge in [0.25, 0.3) is 0 Å². The maximum atomic E-state index is 4.69. The zero-order valence-electron chi connectivity index (χ0n) is 13.5. The van der Waals surface area contributed by atoms with Crippen LogP contribution in [-0.4, -0.2) is 48.1 Å². The second kappa shape index (κ2) is 6.32. The zero-order chi connectivity index (χ0) is 15.5. The van der Waals surface area contributed by atoms with Gasteiger partial charge in [0.05, 0.1) is 0 Å². The first-order valence-corrected chi connectivity index (χ1v) is 7.73. The molecule has 0 saturated carbocycles. The minimum Gasteiger partial charge on any atom is -0.340 e. The molecule has 1 aliphatic rings. The molecule has 0 aliphatic carbocycles. The molecule has 1 aromatic heterocycles. The summed E-state index contributed by atoms with van der Waals surface area (Å²) in [6, 6.07) is 10.3. The van der Waals surface area contributed by atoms with Crippen molar-refractivity contribution in [2.24, 2.45) is 0 Å². The van der Waals surface area contributed by atoms with Crippen molar-refractivity contribution in [3.05, 3.63) is 41.6 Å². The molecule has 116 valence electrons. The van der Waals surface area contributed by atoms with E-state index in [9.17, 15) is 0 Å². The summed E-state index contributed by atoms with van der Waals surface area (Å²) < 4.78 is 0. The Morgan fingerprint density at radius 3 is 2.50 bits per heavy atom. The van der Waals surface area contributed by atoms with E-state index in [1.165, 1.54) is 5.56 Å². The lowest BCUT2D eigenvalue weighted by Crippen LogP contribution is -2.45. The predicted molar refractivity (Wildman–Crippen MR) is 90.9 cm³/mol. The number of aromatic nitrogens is 2. The Balaban J connectivity index is 1.80. The lowest BCUT2D eigenvalue weighted by molar-refractivity contribution is 0.311. The van der Waals surface area contributed by atoms with Gasteiger partial charge in [0.1, 0.15) is 5.82 Å². The summed E-state index contributed by atoms with van der Waals surface area (Å²) in [4.78, 5) is 13.9. The van der Waals surface area contributed by atoms with Crippen molar-refractivity contribution in [1.29, 1.82) is 0 Å². The minimum absolute atomic E-state index is 0.822. The van der Waals surface area contributed by atoms with Gasteiger partial charge >= 0.3 is 0 Å². The maximum absolute atomic E-state index is 4.69. The lowest BCUT2D eigenvalue weighted by Gasteiger charge is -2.32. The topological polar surface area (TPSA) is 44.3 Å². The van der Waals surface area contributed by atoms with E-state index in [2.05, 4.69) is 52.3 Å². The Bertz CT molecular complexity index is 647. The van der Waals surface area contributed by atoms with Crippen molar-refractivity contribution in [1.82, 2.24) is 14.9 Å². The number of hydrogen-bond donors (Lipinski definition) is 1. The summed E-state index contributed by atoms with van der Waals surface area (Å²) >= 11 is 0. The maximum Gasteiger partial charge on any atom is 0.227 e. The average molecular weight is 297 g/mol. The largest absolute Gasteiger partial charge is 0.340 e. The fourth-order valence-corrected chi connectivity index (χ4v) is 2.64. The smallest absolute Gasteiger partial charge is 0.227 e. The molecule has 3 rings (SSSR count). The first kappa shape index (κ1) is 14.8. The van der Waals surface area contributed by atoms with Gasteiger partial charge in [-0.3, -0.25) is 0 Å². The Kier molecular flexibility index (Phi) is 4.24. The molecule has 5 heteroatoms. The van der Waals surface area contributed by atoms with Crippen LogP contribution in [0, 0.1) is 13.8 Å². The average Bonchev–Trinajstić information content (AvgIpc) is 2.47. The normalized spacial score (nSPS) is 15.9. The summed E-state index contributed by atoms with van der Waals surface area (Å²) in [6.45, 7) is 8.16. The highest BCUT2D eigenvalue weighted by Gasteiger charge is 2.17. The van der Waals surface area contributed by atoms with Crippen molar-refractivity contribution in [2.45, 2.75) is 13.8 Å². The second-order valence-electron chi connectivity index (χ2n) is 5.98. The lowest BCUT2D eigenvalue weighted by atomic mass is 10.2. The van der Waals surface area contributed by atoms with E-state index < -0.39 is 0 Å². The summed E-state index contributed by atoms with van der Waals surface area (Å²) in [5, 5.41) is 3.39. The van der Waals surface area contributed by atoms with Crippen molar-refractivity contribution >= 4 is 17.5 Å². The van der Waals surface area contributed by atoms with Crippen molar-refractivity contribution < 1.29 is 0 Å². The van der Waals surface area contributed by atoms with Gasteiger partial charge in [-0.05, 0) is 38.6 Å². The van der Waals surface area contributed by atoms with E-state index in [4.69, 9.17) is 4.98 Å². The molecule has 1 aromatic carbocycles. The minimum atomic E-state index is 0.822. The molecule has 0 radical (unpaired) electrons. The third kappa shape index (κ3) is 3.54. The van der Waals surface area contributed by atoms with Gasteiger partial charge in [-0.2, -0.15) is 4.98 Å². The molecular formula is C17H23N5. The predicted octanol–water partition coefficient (Wildman–Crippen LogP) is 2.59. The van der Waals surface area contributed by atoms with Crippen LogP contribution in [0.5, 0.6) is 0 Å². The molecule has 2 heterocycles. The van der Waals surface area contributed by atoms with E-state index >= 15 is 0 Å².